The molecule has 1 aliphatic rings. The minimum atomic E-state index is 0.0313. The van der Waals surface area contributed by atoms with Crippen molar-refractivity contribution in [2.24, 2.45) is 0 Å². The van der Waals surface area contributed by atoms with Gasteiger partial charge in [0.25, 0.3) is 0 Å². The molecule has 0 aliphatic carbocycles. The summed E-state index contributed by atoms with van der Waals surface area (Å²) in [6.07, 6.45) is 4.09. The zero-order valence-corrected chi connectivity index (χ0v) is 7.47. The summed E-state index contributed by atoms with van der Waals surface area (Å²) >= 11 is 0. The van der Waals surface area contributed by atoms with Crippen LogP contribution in [0.2, 0.25) is 0 Å². The fourth-order valence-corrected chi connectivity index (χ4v) is 1.71. The lowest BCUT2D eigenvalue weighted by Crippen LogP contribution is -1.96. The van der Waals surface area contributed by atoms with Crippen LogP contribution in [0, 0.1) is 0 Å². The van der Waals surface area contributed by atoms with Gasteiger partial charge < -0.3 is 4.74 Å². The van der Waals surface area contributed by atoms with Crippen LogP contribution in [-0.4, -0.2) is 22.0 Å². The van der Waals surface area contributed by atoms with Gasteiger partial charge in [-0.2, -0.15) is 15.4 Å². The van der Waals surface area contributed by atoms with E-state index in [1.54, 1.807) is 0 Å². The largest absolute Gasteiger partial charge is 0.365 e. The number of aromatic nitrogens is 3. The monoisotopic (exact) mass is 187 g/mol. The first-order chi connectivity index (χ1) is 6.95. The lowest BCUT2D eigenvalue weighted by molar-refractivity contribution is 0.130. The van der Waals surface area contributed by atoms with Gasteiger partial charge in [0.15, 0.2) is 0 Å². The molecule has 0 spiro atoms. The van der Waals surface area contributed by atoms with Crippen LogP contribution < -0.4 is 0 Å². The summed E-state index contributed by atoms with van der Waals surface area (Å²) in [5.41, 5.74) is 2.85. The van der Waals surface area contributed by atoms with Crippen LogP contribution >= 0.6 is 0 Å². The molecule has 1 aromatic heterocycles. The Bertz CT molecular complexity index is 489. The molecule has 0 radical (unpaired) electrons. The number of fused-ring (bicyclic) bond motifs is 1. The fourth-order valence-electron chi connectivity index (χ4n) is 1.71. The minimum absolute atomic E-state index is 0.0313. The number of ether oxygens (including phenoxy) is 1. The quantitative estimate of drug-likeness (QED) is 0.689. The highest BCUT2D eigenvalue weighted by Gasteiger charge is 2.16. The van der Waals surface area contributed by atoms with Gasteiger partial charge in [-0.1, -0.05) is 24.3 Å². The molecule has 1 unspecified atom stereocenters. The topological polar surface area (TPSA) is 50.8 Å². The molecule has 3 rings (SSSR count). The Balaban J connectivity index is 2.19. The average Bonchev–Trinajstić information content (AvgIpc) is 2.88. The second kappa shape index (κ2) is 2.92. The van der Waals surface area contributed by atoms with E-state index in [0.29, 0.717) is 6.61 Å². The molecule has 0 saturated heterocycles. The van der Waals surface area contributed by atoms with Gasteiger partial charge in [-0.3, -0.25) is 0 Å². The zero-order chi connectivity index (χ0) is 9.38. The van der Waals surface area contributed by atoms with Crippen LogP contribution in [0.4, 0.5) is 0 Å². The van der Waals surface area contributed by atoms with Crippen molar-refractivity contribution in [2.75, 3.05) is 6.61 Å². The third-order valence-corrected chi connectivity index (χ3v) is 2.37. The van der Waals surface area contributed by atoms with Crippen molar-refractivity contribution in [2.45, 2.75) is 6.10 Å². The van der Waals surface area contributed by atoms with Gasteiger partial charge >= 0.3 is 0 Å². The Labute approximate surface area is 80.6 Å². The van der Waals surface area contributed by atoms with Crippen LogP contribution in [0.25, 0.3) is 11.0 Å². The maximum Gasteiger partial charge on any atom is 0.119 e. The number of aromatic amines is 1. The Morgan fingerprint density at radius 1 is 1.36 bits per heavy atom. The summed E-state index contributed by atoms with van der Waals surface area (Å²) in [6, 6.07) is 5.92. The molecule has 1 atom stereocenters. The molecule has 1 N–H and O–H groups in total. The SMILES string of the molecule is C1=CC(c2cccc3n[nH]nc23)OC1. The lowest BCUT2D eigenvalue weighted by Gasteiger charge is -2.07. The number of hydrogen-bond acceptors (Lipinski definition) is 3. The van der Waals surface area contributed by atoms with Crippen LogP contribution in [0.3, 0.4) is 0 Å². The molecule has 0 amide bonds. The maximum atomic E-state index is 5.52. The van der Waals surface area contributed by atoms with Crippen LogP contribution in [0.1, 0.15) is 11.7 Å². The first kappa shape index (κ1) is 7.70. The molecular weight excluding hydrogens is 178 g/mol. The summed E-state index contributed by atoms with van der Waals surface area (Å²) in [6.45, 7) is 0.679. The normalized spacial score (nSPS) is 20.7. The van der Waals surface area contributed by atoms with E-state index in [0.717, 1.165) is 16.6 Å². The molecular formula is C10H9N3O. The number of benzene rings is 1. The Kier molecular flexibility index (Phi) is 1.61. The van der Waals surface area contributed by atoms with Gasteiger partial charge in [0.2, 0.25) is 0 Å². The summed E-state index contributed by atoms with van der Waals surface area (Å²) in [7, 11) is 0. The van der Waals surface area contributed by atoms with E-state index < -0.39 is 0 Å². The van der Waals surface area contributed by atoms with E-state index in [1.807, 2.05) is 30.4 Å². The van der Waals surface area contributed by atoms with Gasteiger partial charge in [-0.15, -0.1) is 0 Å². The van der Waals surface area contributed by atoms with Crippen molar-refractivity contribution >= 4 is 11.0 Å². The molecule has 0 saturated carbocycles. The number of rotatable bonds is 1. The van der Waals surface area contributed by atoms with E-state index in [9.17, 15) is 0 Å². The molecule has 70 valence electrons. The third-order valence-electron chi connectivity index (χ3n) is 2.37. The van der Waals surface area contributed by atoms with E-state index in [4.69, 9.17) is 4.74 Å². The van der Waals surface area contributed by atoms with E-state index in [1.165, 1.54) is 0 Å². The summed E-state index contributed by atoms with van der Waals surface area (Å²) < 4.78 is 5.52. The van der Waals surface area contributed by atoms with Crippen LogP contribution in [0.15, 0.2) is 30.4 Å². The maximum absolute atomic E-state index is 5.52. The molecule has 4 heteroatoms. The first-order valence-corrected chi connectivity index (χ1v) is 4.53. The lowest BCUT2D eigenvalue weighted by atomic mass is 10.1. The molecule has 1 aromatic carbocycles. The second-order valence-corrected chi connectivity index (χ2v) is 3.22. The highest BCUT2D eigenvalue weighted by molar-refractivity contribution is 5.78. The number of para-hydroxylation sites is 1. The predicted octanol–water partition coefficient (Wildman–Crippen LogP) is 1.59. The Morgan fingerprint density at radius 3 is 3.21 bits per heavy atom. The molecule has 2 heterocycles. The summed E-state index contributed by atoms with van der Waals surface area (Å²) in [5, 5.41) is 10.8. The minimum Gasteiger partial charge on any atom is -0.365 e. The summed E-state index contributed by atoms with van der Waals surface area (Å²) in [5.74, 6) is 0. The molecule has 2 aromatic rings. The molecule has 4 nitrogen and oxygen atoms in total. The highest BCUT2D eigenvalue weighted by atomic mass is 16.5. The molecule has 0 fully saturated rings. The molecule has 1 aliphatic heterocycles. The van der Waals surface area contributed by atoms with Gasteiger partial charge in [0.05, 0.1) is 6.61 Å². The van der Waals surface area contributed by atoms with E-state index in [2.05, 4.69) is 15.4 Å². The Hall–Kier alpha value is -1.68. The van der Waals surface area contributed by atoms with E-state index in [-0.39, 0.29) is 6.10 Å². The van der Waals surface area contributed by atoms with Gasteiger partial charge in [0, 0.05) is 5.56 Å². The number of nitrogens with zero attached hydrogens (tertiary/aromatic N) is 2. The smallest absolute Gasteiger partial charge is 0.119 e. The first-order valence-electron chi connectivity index (χ1n) is 4.53. The zero-order valence-electron chi connectivity index (χ0n) is 7.47. The number of H-pyrrole nitrogens is 1. The van der Waals surface area contributed by atoms with Gasteiger partial charge in [-0.05, 0) is 6.07 Å². The average molecular weight is 187 g/mol. The van der Waals surface area contributed by atoms with Crippen molar-refractivity contribution in [1.29, 1.82) is 0 Å². The third kappa shape index (κ3) is 1.04. The van der Waals surface area contributed by atoms with Gasteiger partial charge in [0.1, 0.15) is 17.1 Å². The van der Waals surface area contributed by atoms with Crippen molar-refractivity contribution in [1.82, 2.24) is 15.4 Å². The number of hydrogen-bond donors (Lipinski definition) is 1. The standard InChI is InChI=1S/C10H9N3O/c1-3-7(9-5-2-6-14-9)10-8(4-1)11-13-12-10/h1-5,9H,6H2,(H,11,12,13). The summed E-state index contributed by atoms with van der Waals surface area (Å²) in [4.78, 5) is 0. The Morgan fingerprint density at radius 2 is 2.36 bits per heavy atom. The highest BCUT2D eigenvalue weighted by Crippen LogP contribution is 2.27. The fraction of sp³-hybridized carbons (Fsp3) is 0.200. The molecule has 0 bridgehead atoms. The second-order valence-electron chi connectivity index (χ2n) is 3.22. The van der Waals surface area contributed by atoms with Gasteiger partial charge in [-0.25, -0.2) is 0 Å². The van der Waals surface area contributed by atoms with Crippen molar-refractivity contribution in [3.63, 3.8) is 0 Å². The van der Waals surface area contributed by atoms with E-state index >= 15 is 0 Å². The molecule has 14 heavy (non-hydrogen) atoms. The van der Waals surface area contributed by atoms with Crippen molar-refractivity contribution in [3.05, 3.63) is 35.9 Å². The number of nitrogens with one attached hydrogen (secondary N) is 1. The predicted molar refractivity (Wildman–Crippen MR) is 51.7 cm³/mol. The van der Waals surface area contributed by atoms with Crippen LogP contribution in [0.5, 0.6) is 0 Å². The van der Waals surface area contributed by atoms with Crippen LogP contribution in [-0.2, 0) is 4.74 Å². The van der Waals surface area contributed by atoms with Crippen molar-refractivity contribution < 1.29 is 4.74 Å². The van der Waals surface area contributed by atoms with Crippen molar-refractivity contribution in [3.8, 4) is 0 Å².